The van der Waals surface area contributed by atoms with Crippen molar-refractivity contribution >= 4 is 23.0 Å². The fourth-order valence-electron chi connectivity index (χ4n) is 3.04. The quantitative estimate of drug-likeness (QED) is 0.834. The zero-order chi connectivity index (χ0) is 15.4. The molecule has 0 amide bonds. The van der Waals surface area contributed by atoms with Gasteiger partial charge in [0.05, 0.1) is 18.9 Å². The third-order valence-electron chi connectivity index (χ3n) is 4.13. The minimum Gasteiger partial charge on any atom is -0.497 e. The van der Waals surface area contributed by atoms with Gasteiger partial charge in [-0.25, -0.2) is 0 Å². The van der Waals surface area contributed by atoms with Crippen molar-refractivity contribution in [2.75, 3.05) is 12.4 Å². The van der Waals surface area contributed by atoms with Crippen molar-refractivity contribution in [1.82, 2.24) is 5.32 Å². The Bertz CT molecular complexity index is 634. The largest absolute Gasteiger partial charge is 0.497 e. The van der Waals surface area contributed by atoms with Gasteiger partial charge < -0.3 is 19.8 Å². The van der Waals surface area contributed by atoms with Gasteiger partial charge in [-0.3, -0.25) is 0 Å². The summed E-state index contributed by atoms with van der Waals surface area (Å²) < 4.78 is 10.9. The van der Waals surface area contributed by atoms with Crippen molar-refractivity contribution in [3.8, 4) is 5.75 Å². The van der Waals surface area contributed by atoms with E-state index in [9.17, 15) is 0 Å². The van der Waals surface area contributed by atoms with Crippen LogP contribution in [0.5, 0.6) is 5.75 Å². The molecule has 0 aliphatic heterocycles. The number of ether oxygens (including phenoxy) is 1. The Morgan fingerprint density at radius 3 is 2.73 bits per heavy atom. The summed E-state index contributed by atoms with van der Waals surface area (Å²) in [7, 11) is 1.65. The van der Waals surface area contributed by atoms with Crippen molar-refractivity contribution in [3.05, 3.63) is 48.4 Å². The average Bonchev–Trinajstić information content (AvgIpc) is 3.19. The van der Waals surface area contributed by atoms with Crippen LogP contribution in [0.15, 0.2) is 47.1 Å². The molecule has 0 atom stereocenters. The predicted octanol–water partition coefficient (Wildman–Crippen LogP) is 4.04. The van der Waals surface area contributed by atoms with E-state index in [2.05, 4.69) is 10.6 Å². The number of methoxy groups -OCH3 is 1. The molecule has 1 aliphatic rings. The Morgan fingerprint density at radius 2 is 2.05 bits per heavy atom. The highest BCUT2D eigenvalue weighted by atomic mass is 32.1. The van der Waals surface area contributed by atoms with Gasteiger partial charge in [-0.15, -0.1) is 0 Å². The monoisotopic (exact) mass is 316 g/mol. The molecule has 2 N–H and O–H groups in total. The molecule has 2 aromatic rings. The lowest BCUT2D eigenvalue weighted by Gasteiger charge is -2.29. The summed E-state index contributed by atoms with van der Waals surface area (Å²) in [6.07, 6.45) is 6.13. The van der Waals surface area contributed by atoms with Crippen LogP contribution in [0.3, 0.4) is 0 Å². The first-order valence-electron chi connectivity index (χ1n) is 7.49. The third-order valence-corrected chi connectivity index (χ3v) is 4.33. The maximum Gasteiger partial charge on any atom is 0.171 e. The molecule has 1 heterocycles. The normalized spacial score (nSPS) is 16.2. The lowest BCUT2D eigenvalue weighted by Crippen LogP contribution is -2.45. The van der Waals surface area contributed by atoms with E-state index >= 15 is 0 Å². The highest BCUT2D eigenvalue weighted by Crippen LogP contribution is 2.39. The van der Waals surface area contributed by atoms with Crippen molar-refractivity contribution < 1.29 is 9.15 Å². The third kappa shape index (κ3) is 3.09. The van der Waals surface area contributed by atoms with E-state index in [1.807, 2.05) is 36.4 Å². The van der Waals surface area contributed by atoms with Gasteiger partial charge in [0.2, 0.25) is 0 Å². The Kier molecular flexibility index (Phi) is 4.34. The van der Waals surface area contributed by atoms with Gasteiger partial charge >= 0.3 is 0 Å². The van der Waals surface area contributed by atoms with Gasteiger partial charge in [0.25, 0.3) is 0 Å². The van der Waals surface area contributed by atoms with E-state index in [0.29, 0.717) is 5.11 Å². The zero-order valence-electron chi connectivity index (χ0n) is 12.6. The van der Waals surface area contributed by atoms with Crippen molar-refractivity contribution in [1.29, 1.82) is 0 Å². The molecule has 0 spiro atoms. The van der Waals surface area contributed by atoms with Gasteiger partial charge in [-0.2, -0.15) is 0 Å². The Morgan fingerprint density at radius 1 is 1.23 bits per heavy atom. The molecule has 0 saturated heterocycles. The molecule has 1 aliphatic carbocycles. The number of furan rings is 1. The maximum atomic E-state index is 5.64. The zero-order valence-corrected chi connectivity index (χ0v) is 13.4. The van der Waals surface area contributed by atoms with Crippen LogP contribution in [-0.4, -0.2) is 12.2 Å². The molecule has 22 heavy (non-hydrogen) atoms. The topological polar surface area (TPSA) is 46.4 Å². The molecule has 5 heteroatoms. The first kappa shape index (κ1) is 14.9. The molecule has 116 valence electrons. The van der Waals surface area contributed by atoms with E-state index < -0.39 is 0 Å². The molecule has 3 rings (SSSR count). The van der Waals surface area contributed by atoms with Crippen LogP contribution < -0.4 is 15.4 Å². The average molecular weight is 316 g/mol. The number of hydrogen-bond donors (Lipinski definition) is 2. The summed E-state index contributed by atoms with van der Waals surface area (Å²) in [6, 6.07) is 11.7. The smallest absolute Gasteiger partial charge is 0.171 e. The van der Waals surface area contributed by atoms with Crippen LogP contribution in [0.1, 0.15) is 31.4 Å². The lowest BCUT2D eigenvalue weighted by atomic mass is 9.94. The summed E-state index contributed by atoms with van der Waals surface area (Å²) in [5, 5.41) is 7.30. The summed E-state index contributed by atoms with van der Waals surface area (Å²) in [4.78, 5) is 0. The number of benzene rings is 1. The minimum atomic E-state index is -0.188. The Labute approximate surface area is 135 Å². The number of anilines is 1. The van der Waals surface area contributed by atoms with Gasteiger partial charge in [-0.05, 0) is 49.3 Å². The number of nitrogens with one attached hydrogen (secondary N) is 2. The highest BCUT2D eigenvalue weighted by Gasteiger charge is 2.38. The molecular weight excluding hydrogens is 296 g/mol. The molecule has 1 aromatic carbocycles. The summed E-state index contributed by atoms with van der Waals surface area (Å²) in [5.74, 6) is 1.76. The van der Waals surface area contributed by atoms with Crippen molar-refractivity contribution in [2.24, 2.45) is 0 Å². The molecule has 0 bridgehead atoms. The molecule has 1 fully saturated rings. The second-order valence-electron chi connectivity index (χ2n) is 5.58. The van der Waals surface area contributed by atoms with Gasteiger partial charge in [0.1, 0.15) is 11.5 Å². The summed E-state index contributed by atoms with van der Waals surface area (Å²) in [6.45, 7) is 0. The van der Waals surface area contributed by atoms with E-state index in [1.54, 1.807) is 13.4 Å². The second kappa shape index (κ2) is 6.40. The molecule has 0 unspecified atom stereocenters. The van der Waals surface area contributed by atoms with Gasteiger partial charge in [0.15, 0.2) is 5.11 Å². The predicted molar refractivity (Wildman–Crippen MR) is 91.2 cm³/mol. The maximum absolute atomic E-state index is 5.64. The van der Waals surface area contributed by atoms with Crippen LogP contribution in [-0.2, 0) is 5.54 Å². The minimum absolute atomic E-state index is 0.188. The van der Waals surface area contributed by atoms with Crippen LogP contribution in [0.25, 0.3) is 0 Å². The molecule has 4 nitrogen and oxygen atoms in total. The number of thiocarbonyl (C=S) groups is 1. The SMILES string of the molecule is COc1cccc(NC(=S)NC2(c3ccco3)CCCC2)c1. The molecular formula is C17H20N2O2S. The standard InChI is InChI=1S/C17H20N2O2S/c1-20-14-7-4-6-13(12-14)18-16(22)19-17(9-2-3-10-17)15-8-5-11-21-15/h4-8,11-12H,2-3,9-10H2,1H3,(H2,18,19,22). The number of rotatable bonds is 4. The fourth-order valence-corrected chi connectivity index (χ4v) is 3.36. The van der Waals surface area contributed by atoms with Crippen molar-refractivity contribution in [3.63, 3.8) is 0 Å². The number of hydrogen-bond acceptors (Lipinski definition) is 3. The Hall–Kier alpha value is -2.01. The lowest BCUT2D eigenvalue weighted by molar-refractivity contribution is 0.317. The first-order valence-corrected chi connectivity index (χ1v) is 7.90. The van der Waals surface area contributed by atoms with E-state index in [0.717, 1.165) is 30.0 Å². The van der Waals surface area contributed by atoms with Crippen molar-refractivity contribution in [2.45, 2.75) is 31.2 Å². The molecule has 1 saturated carbocycles. The highest BCUT2D eigenvalue weighted by molar-refractivity contribution is 7.80. The summed E-state index contributed by atoms with van der Waals surface area (Å²) in [5.41, 5.74) is 0.719. The van der Waals surface area contributed by atoms with Crippen LogP contribution in [0, 0.1) is 0 Å². The summed E-state index contributed by atoms with van der Waals surface area (Å²) >= 11 is 5.49. The van der Waals surface area contributed by atoms with E-state index in [4.69, 9.17) is 21.4 Å². The second-order valence-corrected chi connectivity index (χ2v) is 5.99. The first-order chi connectivity index (χ1) is 10.7. The van der Waals surface area contributed by atoms with E-state index in [-0.39, 0.29) is 5.54 Å². The van der Waals surface area contributed by atoms with Crippen LogP contribution in [0.4, 0.5) is 5.69 Å². The molecule has 0 radical (unpaired) electrons. The van der Waals surface area contributed by atoms with Gasteiger partial charge in [-0.1, -0.05) is 18.9 Å². The Balaban J connectivity index is 1.72. The van der Waals surface area contributed by atoms with Crippen LogP contribution in [0.2, 0.25) is 0 Å². The van der Waals surface area contributed by atoms with Gasteiger partial charge in [0, 0.05) is 11.8 Å². The molecule has 1 aromatic heterocycles. The van der Waals surface area contributed by atoms with E-state index in [1.165, 1.54) is 12.8 Å². The van der Waals surface area contributed by atoms with Crippen LogP contribution >= 0.6 is 12.2 Å². The fraction of sp³-hybridized carbons (Fsp3) is 0.353.